The van der Waals surface area contributed by atoms with Crippen molar-refractivity contribution in [1.29, 1.82) is 0 Å². The number of fused-ring (bicyclic) bond motifs is 1. The number of hydrogen-bond acceptors (Lipinski definition) is 5. The lowest BCUT2D eigenvalue weighted by Gasteiger charge is -2.12. The fourth-order valence-corrected chi connectivity index (χ4v) is 2.87. The number of nitrogens with two attached hydrogens (primary N) is 1. The Morgan fingerprint density at radius 1 is 1.44 bits per heavy atom. The number of nitrogens with one attached hydrogen (secondary N) is 1. The van der Waals surface area contributed by atoms with E-state index in [1.165, 1.54) is 0 Å². The fourth-order valence-electron chi connectivity index (χ4n) is 2.63. The normalized spacial score (nSPS) is 21.0. The molecule has 0 aliphatic carbocycles. The molecule has 25 heavy (non-hydrogen) atoms. The molecular formula is C14H15ClF3N5O2. The Labute approximate surface area is 145 Å². The lowest BCUT2D eigenvalue weighted by molar-refractivity contribution is -0.138. The monoisotopic (exact) mass is 377 g/mol. The maximum Gasteiger partial charge on any atom is 0.417 e. The molecule has 0 radical (unpaired) electrons. The number of carbonyl (C=O) groups is 1. The van der Waals surface area contributed by atoms with Gasteiger partial charge < -0.3 is 15.8 Å². The Morgan fingerprint density at radius 2 is 2.20 bits per heavy atom. The standard InChI is InChI=1S/C14H15ClF3N5O2/c15-9-3-7(14(16,17)18)6-23-11(21-22-12(9)23)5-20-13(24)10-2-1-8(4-19)25-10/h3,6,8,10H,1-2,4-5,19H2,(H,20,24)/t8-,10+/m1/s1. The molecular weight excluding hydrogens is 363 g/mol. The number of ether oxygens (including phenoxy) is 1. The highest BCUT2D eigenvalue weighted by molar-refractivity contribution is 6.33. The summed E-state index contributed by atoms with van der Waals surface area (Å²) in [7, 11) is 0. The predicted octanol–water partition coefficient (Wildman–Crippen LogP) is 1.52. The van der Waals surface area contributed by atoms with Crippen LogP contribution in [0.4, 0.5) is 13.2 Å². The predicted molar refractivity (Wildman–Crippen MR) is 81.8 cm³/mol. The third-order valence-corrected chi connectivity index (χ3v) is 4.22. The van der Waals surface area contributed by atoms with Gasteiger partial charge in [0.25, 0.3) is 0 Å². The molecule has 1 fully saturated rings. The molecule has 1 amide bonds. The maximum atomic E-state index is 12.9. The van der Waals surface area contributed by atoms with E-state index in [9.17, 15) is 18.0 Å². The Bertz CT molecular complexity index is 795. The van der Waals surface area contributed by atoms with Crippen molar-refractivity contribution in [3.63, 3.8) is 0 Å². The summed E-state index contributed by atoms with van der Waals surface area (Å²) in [6, 6.07) is 0.785. The van der Waals surface area contributed by atoms with Gasteiger partial charge in [-0.1, -0.05) is 11.6 Å². The summed E-state index contributed by atoms with van der Waals surface area (Å²) in [6.07, 6.45) is -3.26. The summed E-state index contributed by atoms with van der Waals surface area (Å²) < 4.78 is 45.3. The molecule has 1 aliphatic heterocycles. The van der Waals surface area contributed by atoms with E-state index in [1.807, 2.05) is 0 Å². The quantitative estimate of drug-likeness (QED) is 0.842. The molecule has 0 unspecified atom stereocenters. The van der Waals surface area contributed by atoms with Crippen molar-refractivity contribution in [1.82, 2.24) is 19.9 Å². The van der Waals surface area contributed by atoms with E-state index in [4.69, 9.17) is 22.1 Å². The highest BCUT2D eigenvalue weighted by atomic mass is 35.5. The zero-order chi connectivity index (χ0) is 18.2. The second-order valence-corrected chi connectivity index (χ2v) is 6.07. The van der Waals surface area contributed by atoms with E-state index >= 15 is 0 Å². The molecule has 2 aromatic rings. The molecule has 0 saturated carbocycles. The average molecular weight is 378 g/mol. The highest BCUT2D eigenvalue weighted by Crippen LogP contribution is 2.32. The van der Waals surface area contributed by atoms with Gasteiger partial charge in [-0.25, -0.2) is 0 Å². The van der Waals surface area contributed by atoms with Crippen molar-refractivity contribution in [2.45, 2.75) is 37.8 Å². The third-order valence-electron chi connectivity index (χ3n) is 3.94. The topological polar surface area (TPSA) is 94.5 Å². The smallest absolute Gasteiger partial charge is 0.364 e. The van der Waals surface area contributed by atoms with Gasteiger partial charge >= 0.3 is 6.18 Å². The minimum atomic E-state index is -4.56. The second-order valence-electron chi connectivity index (χ2n) is 5.66. The number of aromatic nitrogens is 3. The van der Waals surface area contributed by atoms with Crippen LogP contribution in [-0.4, -0.2) is 39.3 Å². The van der Waals surface area contributed by atoms with E-state index < -0.39 is 17.8 Å². The molecule has 1 saturated heterocycles. The van der Waals surface area contributed by atoms with Crippen molar-refractivity contribution in [3.8, 4) is 0 Å². The summed E-state index contributed by atoms with van der Waals surface area (Å²) in [5.41, 5.74) is 4.64. The molecule has 0 aromatic carbocycles. The Balaban J connectivity index is 1.76. The molecule has 11 heteroatoms. The highest BCUT2D eigenvalue weighted by Gasteiger charge is 2.33. The van der Waals surface area contributed by atoms with Crippen LogP contribution in [0.3, 0.4) is 0 Å². The lowest BCUT2D eigenvalue weighted by atomic mass is 10.2. The number of hydrogen-bond donors (Lipinski definition) is 2. The summed E-state index contributed by atoms with van der Waals surface area (Å²) >= 11 is 5.84. The van der Waals surface area contributed by atoms with Crippen molar-refractivity contribution in [2.75, 3.05) is 6.54 Å². The van der Waals surface area contributed by atoms with E-state index in [2.05, 4.69) is 15.5 Å². The molecule has 3 N–H and O–H groups in total. The molecule has 3 heterocycles. The Morgan fingerprint density at radius 3 is 2.84 bits per heavy atom. The van der Waals surface area contributed by atoms with E-state index in [0.29, 0.717) is 19.4 Å². The van der Waals surface area contributed by atoms with Gasteiger partial charge in [0.15, 0.2) is 11.5 Å². The van der Waals surface area contributed by atoms with Gasteiger partial charge in [0.05, 0.1) is 23.2 Å². The van der Waals surface area contributed by atoms with Gasteiger partial charge in [-0.3, -0.25) is 9.20 Å². The molecule has 2 aromatic heterocycles. The first-order valence-electron chi connectivity index (χ1n) is 7.53. The molecule has 136 valence electrons. The summed E-state index contributed by atoms with van der Waals surface area (Å²) in [6.45, 7) is 0.224. The Hall–Kier alpha value is -1.91. The number of halogens is 4. The number of rotatable bonds is 4. The first kappa shape index (κ1) is 17.9. The summed E-state index contributed by atoms with van der Waals surface area (Å²) in [5, 5.41) is 9.96. The van der Waals surface area contributed by atoms with Crippen LogP contribution in [0.2, 0.25) is 5.02 Å². The maximum absolute atomic E-state index is 12.9. The van der Waals surface area contributed by atoms with Crippen LogP contribution in [0.15, 0.2) is 12.3 Å². The van der Waals surface area contributed by atoms with Crippen molar-refractivity contribution >= 4 is 23.2 Å². The minimum Gasteiger partial charge on any atom is -0.364 e. The second kappa shape index (κ2) is 6.77. The van der Waals surface area contributed by atoms with E-state index in [1.54, 1.807) is 0 Å². The zero-order valence-corrected chi connectivity index (χ0v) is 13.6. The van der Waals surface area contributed by atoms with E-state index in [0.717, 1.165) is 16.7 Å². The lowest BCUT2D eigenvalue weighted by Crippen LogP contribution is -2.35. The molecule has 0 spiro atoms. The molecule has 7 nitrogen and oxygen atoms in total. The number of alkyl halides is 3. The van der Waals surface area contributed by atoms with E-state index in [-0.39, 0.29) is 35.1 Å². The molecule has 1 aliphatic rings. The van der Waals surface area contributed by atoms with Crippen molar-refractivity contribution < 1.29 is 22.7 Å². The average Bonchev–Trinajstić information content (AvgIpc) is 3.19. The fraction of sp³-hybridized carbons (Fsp3) is 0.500. The van der Waals surface area contributed by atoms with Gasteiger partial charge in [-0.15, -0.1) is 10.2 Å². The van der Waals surface area contributed by atoms with Gasteiger partial charge in [0.2, 0.25) is 5.91 Å². The number of amides is 1. The van der Waals surface area contributed by atoms with Crippen LogP contribution in [0, 0.1) is 0 Å². The van der Waals surface area contributed by atoms with Gasteiger partial charge in [0, 0.05) is 12.7 Å². The van der Waals surface area contributed by atoms with Gasteiger partial charge in [-0.05, 0) is 18.9 Å². The first-order chi connectivity index (χ1) is 11.8. The summed E-state index contributed by atoms with van der Waals surface area (Å²) in [4.78, 5) is 12.1. The minimum absolute atomic E-state index is 0.0826. The number of pyridine rings is 1. The first-order valence-corrected chi connectivity index (χ1v) is 7.91. The Kier molecular flexibility index (Phi) is 4.85. The van der Waals surface area contributed by atoms with Crippen LogP contribution in [0.25, 0.3) is 5.65 Å². The van der Waals surface area contributed by atoms with Crippen LogP contribution >= 0.6 is 11.6 Å². The van der Waals surface area contributed by atoms with Crippen LogP contribution in [0.1, 0.15) is 24.2 Å². The molecule has 2 atom stereocenters. The molecule has 3 rings (SSSR count). The van der Waals surface area contributed by atoms with Crippen LogP contribution in [-0.2, 0) is 22.3 Å². The molecule has 0 bridgehead atoms. The third kappa shape index (κ3) is 3.70. The van der Waals surface area contributed by atoms with Crippen LogP contribution < -0.4 is 11.1 Å². The van der Waals surface area contributed by atoms with Crippen LogP contribution in [0.5, 0.6) is 0 Å². The van der Waals surface area contributed by atoms with Gasteiger partial charge in [0.1, 0.15) is 6.10 Å². The summed E-state index contributed by atoms with van der Waals surface area (Å²) in [5.74, 6) is -0.240. The largest absolute Gasteiger partial charge is 0.417 e. The zero-order valence-electron chi connectivity index (χ0n) is 12.9. The number of carbonyl (C=O) groups excluding carboxylic acids is 1. The SMILES string of the molecule is NC[C@H]1CC[C@@H](C(=O)NCc2nnc3c(Cl)cc(C(F)(F)F)cn23)O1. The van der Waals surface area contributed by atoms with Crippen molar-refractivity contribution in [3.05, 3.63) is 28.7 Å². The van der Waals surface area contributed by atoms with Crippen molar-refractivity contribution in [2.24, 2.45) is 5.73 Å². The van der Waals surface area contributed by atoms with Gasteiger partial charge in [-0.2, -0.15) is 13.2 Å². The number of nitrogens with zero attached hydrogens (tertiary/aromatic N) is 3.